The minimum Gasteiger partial charge on any atom is -0.497 e. The third-order valence-electron chi connectivity index (χ3n) is 3.65. The molecule has 1 amide bonds. The van der Waals surface area contributed by atoms with Gasteiger partial charge < -0.3 is 19.1 Å². The first-order chi connectivity index (χ1) is 12.1. The maximum absolute atomic E-state index is 12.9. The van der Waals surface area contributed by atoms with Gasteiger partial charge in [0.15, 0.2) is 0 Å². The van der Waals surface area contributed by atoms with Gasteiger partial charge in [0.25, 0.3) is 5.91 Å². The number of esters is 1. The van der Waals surface area contributed by atoms with E-state index in [1.807, 2.05) is 30.3 Å². The van der Waals surface area contributed by atoms with Crippen molar-refractivity contribution < 1.29 is 23.8 Å². The summed E-state index contributed by atoms with van der Waals surface area (Å²) in [6, 6.07) is 14.3. The second-order valence-corrected chi connectivity index (χ2v) is 5.32. The molecule has 0 fully saturated rings. The average molecular weight is 343 g/mol. The number of hydrogen-bond donors (Lipinski definition) is 0. The first-order valence-corrected chi connectivity index (χ1v) is 7.70. The van der Waals surface area contributed by atoms with E-state index in [-0.39, 0.29) is 19.0 Å². The Kier molecular flexibility index (Phi) is 6.39. The number of hydrogen-bond acceptors (Lipinski definition) is 5. The third kappa shape index (κ3) is 4.97. The lowest BCUT2D eigenvalue weighted by molar-refractivity contribution is -0.141. The van der Waals surface area contributed by atoms with Crippen molar-refractivity contribution in [1.82, 2.24) is 4.90 Å². The molecule has 0 N–H and O–H groups in total. The summed E-state index contributed by atoms with van der Waals surface area (Å²) in [5, 5.41) is 0. The maximum Gasteiger partial charge on any atom is 0.325 e. The van der Waals surface area contributed by atoms with Crippen LogP contribution in [0.15, 0.2) is 48.5 Å². The summed E-state index contributed by atoms with van der Waals surface area (Å²) in [5.74, 6) is 0.200. The van der Waals surface area contributed by atoms with Crippen LogP contribution < -0.4 is 9.47 Å². The van der Waals surface area contributed by atoms with Crippen molar-refractivity contribution in [2.24, 2.45) is 0 Å². The Morgan fingerprint density at radius 2 is 1.52 bits per heavy atom. The fourth-order valence-electron chi connectivity index (χ4n) is 2.34. The molecule has 2 rings (SSSR count). The number of carbonyl (C=O) groups excluding carboxylic acids is 2. The molecule has 0 aliphatic heterocycles. The molecule has 0 saturated carbocycles. The zero-order valence-electron chi connectivity index (χ0n) is 14.5. The van der Waals surface area contributed by atoms with Crippen LogP contribution in [-0.2, 0) is 16.1 Å². The second kappa shape index (κ2) is 8.73. The van der Waals surface area contributed by atoms with E-state index < -0.39 is 5.97 Å². The molecule has 6 heteroatoms. The van der Waals surface area contributed by atoms with E-state index in [1.54, 1.807) is 18.2 Å². The van der Waals surface area contributed by atoms with Crippen LogP contribution in [0.25, 0.3) is 0 Å². The van der Waals surface area contributed by atoms with Crippen LogP contribution in [0.5, 0.6) is 11.5 Å². The van der Waals surface area contributed by atoms with Gasteiger partial charge >= 0.3 is 5.97 Å². The lowest BCUT2D eigenvalue weighted by Crippen LogP contribution is -2.35. The summed E-state index contributed by atoms with van der Waals surface area (Å²) in [6.07, 6.45) is 0. The van der Waals surface area contributed by atoms with Gasteiger partial charge in [0, 0.05) is 18.2 Å². The molecule has 0 saturated heterocycles. The minimum atomic E-state index is -0.487. The Balaban J connectivity index is 2.32. The van der Waals surface area contributed by atoms with Crippen molar-refractivity contribution in [3.63, 3.8) is 0 Å². The summed E-state index contributed by atoms with van der Waals surface area (Å²) in [4.78, 5) is 26.1. The number of ether oxygens (including phenoxy) is 3. The summed E-state index contributed by atoms with van der Waals surface area (Å²) in [6.45, 7) is 0.137. The van der Waals surface area contributed by atoms with Crippen molar-refractivity contribution in [2.75, 3.05) is 27.9 Å². The highest BCUT2D eigenvalue weighted by atomic mass is 16.5. The summed E-state index contributed by atoms with van der Waals surface area (Å²) in [5.41, 5.74) is 1.28. The predicted molar refractivity (Wildman–Crippen MR) is 92.7 cm³/mol. The quantitative estimate of drug-likeness (QED) is 0.723. The van der Waals surface area contributed by atoms with Crippen LogP contribution in [0.1, 0.15) is 15.9 Å². The molecular formula is C19H21NO5. The van der Waals surface area contributed by atoms with Gasteiger partial charge in [0.1, 0.15) is 18.0 Å². The van der Waals surface area contributed by atoms with E-state index in [0.29, 0.717) is 17.1 Å². The lowest BCUT2D eigenvalue weighted by atomic mass is 10.1. The van der Waals surface area contributed by atoms with Crippen LogP contribution in [-0.4, -0.2) is 44.7 Å². The Labute approximate surface area is 146 Å². The molecule has 0 aliphatic rings. The van der Waals surface area contributed by atoms with Crippen LogP contribution in [0, 0.1) is 0 Å². The van der Waals surface area contributed by atoms with Gasteiger partial charge in [0.2, 0.25) is 0 Å². The third-order valence-corrected chi connectivity index (χ3v) is 3.65. The predicted octanol–water partition coefficient (Wildman–Crippen LogP) is 2.52. The Bertz CT molecular complexity index is 708. The molecule has 25 heavy (non-hydrogen) atoms. The Morgan fingerprint density at radius 3 is 2.04 bits per heavy atom. The summed E-state index contributed by atoms with van der Waals surface area (Å²) >= 11 is 0. The molecule has 0 spiro atoms. The first-order valence-electron chi connectivity index (χ1n) is 7.70. The van der Waals surface area contributed by atoms with Crippen molar-refractivity contribution in [3.05, 3.63) is 59.7 Å². The lowest BCUT2D eigenvalue weighted by Gasteiger charge is -2.22. The molecule has 0 aromatic heterocycles. The van der Waals surface area contributed by atoms with E-state index in [2.05, 4.69) is 0 Å². The monoisotopic (exact) mass is 343 g/mol. The van der Waals surface area contributed by atoms with Gasteiger partial charge in [-0.2, -0.15) is 0 Å². The highest BCUT2D eigenvalue weighted by Gasteiger charge is 2.21. The zero-order chi connectivity index (χ0) is 18.2. The number of nitrogens with zero attached hydrogens (tertiary/aromatic N) is 1. The molecule has 0 radical (unpaired) electrons. The van der Waals surface area contributed by atoms with Gasteiger partial charge in [-0.25, -0.2) is 0 Å². The van der Waals surface area contributed by atoms with E-state index in [9.17, 15) is 9.59 Å². The summed E-state index contributed by atoms with van der Waals surface area (Å²) in [7, 11) is 4.32. The number of carbonyl (C=O) groups is 2. The zero-order valence-corrected chi connectivity index (χ0v) is 14.5. The van der Waals surface area contributed by atoms with Crippen LogP contribution in [0.4, 0.5) is 0 Å². The second-order valence-electron chi connectivity index (χ2n) is 5.32. The van der Waals surface area contributed by atoms with E-state index in [4.69, 9.17) is 14.2 Å². The molecule has 0 atom stereocenters. The van der Waals surface area contributed by atoms with Gasteiger partial charge in [-0.3, -0.25) is 9.59 Å². The van der Waals surface area contributed by atoms with Gasteiger partial charge in [-0.15, -0.1) is 0 Å². The highest BCUT2D eigenvalue weighted by molar-refractivity contribution is 5.96. The molecular weight excluding hydrogens is 322 g/mol. The Morgan fingerprint density at radius 1 is 0.920 bits per heavy atom. The van der Waals surface area contributed by atoms with Crippen LogP contribution in [0.2, 0.25) is 0 Å². The Hall–Kier alpha value is -3.02. The van der Waals surface area contributed by atoms with E-state index in [1.165, 1.54) is 26.2 Å². The molecule has 0 unspecified atom stereocenters. The van der Waals surface area contributed by atoms with Crippen molar-refractivity contribution in [1.29, 1.82) is 0 Å². The molecule has 0 aliphatic carbocycles. The van der Waals surface area contributed by atoms with Crippen LogP contribution >= 0.6 is 0 Å². The number of benzene rings is 2. The van der Waals surface area contributed by atoms with Gasteiger partial charge in [0.05, 0.1) is 21.3 Å². The molecule has 0 heterocycles. The SMILES string of the molecule is COC(=O)CN(Cc1ccccc1)C(=O)c1cc(OC)cc(OC)c1. The van der Waals surface area contributed by atoms with Gasteiger partial charge in [-0.1, -0.05) is 30.3 Å². The van der Waals surface area contributed by atoms with Crippen LogP contribution in [0.3, 0.4) is 0 Å². The van der Waals surface area contributed by atoms with Crippen molar-refractivity contribution >= 4 is 11.9 Å². The smallest absolute Gasteiger partial charge is 0.325 e. The van der Waals surface area contributed by atoms with E-state index in [0.717, 1.165) is 5.56 Å². The summed E-state index contributed by atoms with van der Waals surface area (Å²) < 4.78 is 15.1. The molecule has 2 aromatic carbocycles. The fraction of sp³-hybridized carbons (Fsp3) is 0.263. The normalized spacial score (nSPS) is 10.0. The highest BCUT2D eigenvalue weighted by Crippen LogP contribution is 2.24. The minimum absolute atomic E-state index is 0.149. The number of methoxy groups -OCH3 is 3. The van der Waals surface area contributed by atoms with Gasteiger partial charge in [-0.05, 0) is 17.7 Å². The first kappa shape index (κ1) is 18.3. The largest absolute Gasteiger partial charge is 0.497 e. The van der Waals surface area contributed by atoms with E-state index >= 15 is 0 Å². The standard InChI is InChI=1S/C19H21NO5/c1-23-16-9-15(10-17(11-16)24-2)19(22)20(13-18(21)25-3)12-14-7-5-4-6-8-14/h4-11H,12-13H2,1-3H3. The average Bonchev–Trinajstić information content (AvgIpc) is 2.66. The van der Waals surface area contributed by atoms with Crippen molar-refractivity contribution in [2.45, 2.75) is 6.54 Å². The van der Waals surface area contributed by atoms with Crippen molar-refractivity contribution in [3.8, 4) is 11.5 Å². The number of rotatable bonds is 7. The maximum atomic E-state index is 12.9. The molecule has 132 valence electrons. The molecule has 6 nitrogen and oxygen atoms in total. The molecule has 0 bridgehead atoms. The number of amides is 1. The topological polar surface area (TPSA) is 65.1 Å². The molecule has 2 aromatic rings. The fourth-order valence-corrected chi connectivity index (χ4v) is 2.34.